The van der Waals surface area contributed by atoms with Gasteiger partial charge in [-0.05, 0) is 42.0 Å². The van der Waals surface area contributed by atoms with Crippen molar-refractivity contribution in [1.82, 2.24) is 0 Å². The molecule has 0 aliphatic heterocycles. The number of carbonyl (C=O) groups excluding carboxylic acids is 1. The van der Waals surface area contributed by atoms with Crippen LogP contribution in [0.4, 0.5) is 11.4 Å². The smallest absolute Gasteiger partial charge is 0.221 e. The number of nitrogens with one attached hydrogen (secondary N) is 2. The lowest BCUT2D eigenvalue weighted by molar-refractivity contribution is -0.114. The quantitative estimate of drug-likeness (QED) is 0.790. The number of rotatable bonds is 5. The Labute approximate surface area is 123 Å². The van der Waals surface area contributed by atoms with Gasteiger partial charge in [-0.3, -0.25) is 4.79 Å². The monoisotopic (exact) mass is 286 g/mol. The SMILES string of the molecule is COc1cc(CNc2ccc(NC(C)=O)cc2)ccc1O. The van der Waals surface area contributed by atoms with Crippen LogP contribution in [0.1, 0.15) is 12.5 Å². The molecule has 0 aromatic heterocycles. The maximum absolute atomic E-state index is 10.9. The second-order valence-corrected chi connectivity index (χ2v) is 4.62. The van der Waals surface area contributed by atoms with E-state index in [0.717, 1.165) is 16.9 Å². The van der Waals surface area contributed by atoms with Gasteiger partial charge in [0, 0.05) is 24.8 Å². The van der Waals surface area contributed by atoms with E-state index in [1.54, 1.807) is 12.1 Å². The highest BCUT2D eigenvalue weighted by atomic mass is 16.5. The van der Waals surface area contributed by atoms with Crippen LogP contribution in [0.2, 0.25) is 0 Å². The number of anilines is 2. The summed E-state index contributed by atoms with van der Waals surface area (Å²) in [6, 6.07) is 12.7. The molecule has 2 rings (SSSR count). The van der Waals surface area contributed by atoms with E-state index in [0.29, 0.717) is 12.3 Å². The molecular formula is C16H18N2O3. The van der Waals surface area contributed by atoms with Gasteiger partial charge in [-0.1, -0.05) is 6.07 Å². The van der Waals surface area contributed by atoms with Crippen molar-refractivity contribution in [2.24, 2.45) is 0 Å². The van der Waals surface area contributed by atoms with Crippen molar-refractivity contribution >= 4 is 17.3 Å². The molecule has 0 aliphatic rings. The molecule has 2 aromatic rings. The molecule has 0 radical (unpaired) electrons. The molecule has 1 amide bonds. The number of benzene rings is 2. The molecule has 5 nitrogen and oxygen atoms in total. The summed E-state index contributed by atoms with van der Waals surface area (Å²) < 4.78 is 5.07. The van der Waals surface area contributed by atoms with Crippen LogP contribution in [0.15, 0.2) is 42.5 Å². The Balaban J connectivity index is 1.98. The molecule has 3 N–H and O–H groups in total. The number of ether oxygens (including phenoxy) is 1. The molecule has 0 unspecified atom stereocenters. The maximum Gasteiger partial charge on any atom is 0.221 e. The Kier molecular flexibility index (Phi) is 4.66. The molecule has 0 saturated heterocycles. The summed E-state index contributed by atoms with van der Waals surface area (Å²) >= 11 is 0. The number of amides is 1. The third-order valence-electron chi connectivity index (χ3n) is 2.95. The number of phenols is 1. The summed E-state index contributed by atoms with van der Waals surface area (Å²) in [6.45, 7) is 2.08. The highest BCUT2D eigenvalue weighted by Gasteiger charge is 2.03. The number of carbonyl (C=O) groups is 1. The van der Waals surface area contributed by atoms with E-state index >= 15 is 0 Å². The van der Waals surface area contributed by atoms with Crippen LogP contribution >= 0.6 is 0 Å². The molecule has 110 valence electrons. The van der Waals surface area contributed by atoms with Gasteiger partial charge in [0.25, 0.3) is 0 Å². The molecule has 0 heterocycles. The van der Waals surface area contributed by atoms with Gasteiger partial charge in [-0.2, -0.15) is 0 Å². The summed E-state index contributed by atoms with van der Waals surface area (Å²) in [4.78, 5) is 10.9. The Hall–Kier alpha value is -2.69. The number of hydrogen-bond acceptors (Lipinski definition) is 4. The Morgan fingerprint density at radius 1 is 1.14 bits per heavy atom. The van der Waals surface area contributed by atoms with Crippen molar-refractivity contribution in [3.63, 3.8) is 0 Å². The van der Waals surface area contributed by atoms with Gasteiger partial charge in [0.1, 0.15) is 0 Å². The Bertz CT molecular complexity index is 624. The minimum Gasteiger partial charge on any atom is -0.504 e. The zero-order valence-electron chi connectivity index (χ0n) is 12.0. The van der Waals surface area contributed by atoms with E-state index in [9.17, 15) is 9.90 Å². The number of hydrogen-bond donors (Lipinski definition) is 3. The summed E-state index contributed by atoms with van der Waals surface area (Å²) in [7, 11) is 1.52. The normalized spacial score (nSPS) is 10.0. The lowest BCUT2D eigenvalue weighted by atomic mass is 10.2. The van der Waals surface area contributed by atoms with Crippen LogP contribution in [-0.2, 0) is 11.3 Å². The molecule has 0 spiro atoms. The first-order chi connectivity index (χ1) is 10.1. The first kappa shape index (κ1) is 14.7. The summed E-state index contributed by atoms with van der Waals surface area (Å²) in [6.07, 6.45) is 0. The van der Waals surface area contributed by atoms with Crippen molar-refractivity contribution in [2.45, 2.75) is 13.5 Å². The summed E-state index contributed by atoms with van der Waals surface area (Å²) in [5, 5.41) is 15.5. The van der Waals surface area contributed by atoms with Crippen molar-refractivity contribution in [3.05, 3.63) is 48.0 Å². The lowest BCUT2D eigenvalue weighted by Gasteiger charge is -2.10. The number of methoxy groups -OCH3 is 1. The first-order valence-corrected chi connectivity index (χ1v) is 6.56. The fourth-order valence-corrected chi connectivity index (χ4v) is 1.91. The van der Waals surface area contributed by atoms with Crippen LogP contribution in [0.5, 0.6) is 11.5 Å². The van der Waals surface area contributed by atoms with Crippen molar-refractivity contribution in [3.8, 4) is 11.5 Å². The highest BCUT2D eigenvalue weighted by Crippen LogP contribution is 2.26. The fraction of sp³-hybridized carbons (Fsp3) is 0.188. The van der Waals surface area contributed by atoms with E-state index in [2.05, 4.69) is 10.6 Å². The van der Waals surface area contributed by atoms with Gasteiger partial charge in [0.2, 0.25) is 5.91 Å². The predicted octanol–water partition coefficient (Wildman–Crippen LogP) is 2.97. The van der Waals surface area contributed by atoms with Crippen molar-refractivity contribution in [2.75, 3.05) is 17.7 Å². The Morgan fingerprint density at radius 2 is 1.81 bits per heavy atom. The van der Waals surface area contributed by atoms with E-state index < -0.39 is 0 Å². The fourth-order valence-electron chi connectivity index (χ4n) is 1.91. The van der Waals surface area contributed by atoms with E-state index in [1.165, 1.54) is 14.0 Å². The van der Waals surface area contributed by atoms with Gasteiger partial charge in [-0.15, -0.1) is 0 Å². The predicted molar refractivity (Wildman–Crippen MR) is 82.7 cm³/mol. The van der Waals surface area contributed by atoms with Crippen LogP contribution in [-0.4, -0.2) is 18.1 Å². The van der Waals surface area contributed by atoms with Gasteiger partial charge >= 0.3 is 0 Å². The minimum absolute atomic E-state index is 0.0908. The third kappa shape index (κ3) is 4.14. The van der Waals surface area contributed by atoms with Crippen LogP contribution in [0, 0.1) is 0 Å². The van der Waals surface area contributed by atoms with Gasteiger partial charge in [0.05, 0.1) is 7.11 Å². The molecular weight excluding hydrogens is 268 g/mol. The topological polar surface area (TPSA) is 70.6 Å². The molecule has 0 aliphatic carbocycles. The summed E-state index contributed by atoms with van der Waals surface area (Å²) in [5.41, 5.74) is 2.70. The van der Waals surface area contributed by atoms with Crippen molar-refractivity contribution < 1.29 is 14.6 Å². The highest BCUT2D eigenvalue weighted by molar-refractivity contribution is 5.88. The van der Waals surface area contributed by atoms with Crippen LogP contribution in [0.25, 0.3) is 0 Å². The van der Waals surface area contributed by atoms with E-state index in [4.69, 9.17) is 4.74 Å². The van der Waals surface area contributed by atoms with Gasteiger partial charge in [0.15, 0.2) is 11.5 Å². The molecule has 0 bridgehead atoms. The van der Waals surface area contributed by atoms with Crippen LogP contribution in [0.3, 0.4) is 0 Å². The van der Waals surface area contributed by atoms with Crippen LogP contribution < -0.4 is 15.4 Å². The minimum atomic E-state index is -0.0908. The Morgan fingerprint density at radius 3 is 2.43 bits per heavy atom. The number of aromatic hydroxyl groups is 1. The molecule has 21 heavy (non-hydrogen) atoms. The third-order valence-corrected chi connectivity index (χ3v) is 2.95. The largest absolute Gasteiger partial charge is 0.504 e. The zero-order chi connectivity index (χ0) is 15.2. The average molecular weight is 286 g/mol. The van der Waals surface area contributed by atoms with Crippen molar-refractivity contribution in [1.29, 1.82) is 0 Å². The molecule has 0 fully saturated rings. The molecule has 0 atom stereocenters. The number of phenolic OH excluding ortho intramolecular Hbond substituents is 1. The lowest BCUT2D eigenvalue weighted by Crippen LogP contribution is -2.05. The molecule has 2 aromatic carbocycles. The second-order valence-electron chi connectivity index (χ2n) is 4.62. The second kappa shape index (κ2) is 6.65. The van der Waals surface area contributed by atoms with Gasteiger partial charge < -0.3 is 20.5 Å². The maximum atomic E-state index is 10.9. The van der Waals surface area contributed by atoms with E-state index in [1.807, 2.05) is 30.3 Å². The van der Waals surface area contributed by atoms with Gasteiger partial charge in [-0.25, -0.2) is 0 Å². The average Bonchev–Trinajstić information content (AvgIpc) is 2.47. The standard InChI is InChI=1S/C16H18N2O3/c1-11(19)18-14-6-4-13(5-7-14)17-10-12-3-8-15(20)16(9-12)21-2/h3-9,17,20H,10H2,1-2H3,(H,18,19). The summed E-state index contributed by atoms with van der Waals surface area (Å²) in [5.74, 6) is 0.489. The first-order valence-electron chi connectivity index (χ1n) is 6.56. The molecule has 0 saturated carbocycles. The molecule has 5 heteroatoms. The van der Waals surface area contributed by atoms with E-state index in [-0.39, 0.29) is 11.7 Å². The zero-order valence-corrected chi connectivity index (χ0v) is 12.0.